The van der Waals surface area contributed by atoms with E-state index in [1.807, 2.05) is 0 Å². The van der Waals surface area contributed by atoms with Crippen molar-refractivity contribution in [2.75, 3.05) is 6.54 Å². The third kappa shape index (κ3) is 5.55. The largest absolute Gasteiger partial charge is 0.452 e. The molecule has 0 saturated carbocycles. The molecule has 116 valence electrons. The summed E-state index contributed by atoms with van der Waals surface area (Å²) in [6, 6.07) is 1.45. The van der Waals surface area contributed by atoms with Gasteiger partial charge in [0.2, 0.25) is 10.0 Å². The molecule has 5 nitrogen and oxygen atoms in total. The number of unbranched alkanes of at least 4 members (excludes halogenated alkanes) is 5. The Morgan fingerprint density at radius 1 is 1.25 bits per heavy atom. The molecule has 0 radical (unpaired) electrons. The maximum Gasteiger partial charge on any atom is 0.244 e. The third-order valence-corrected chi connectivity index (χ3v) is 5.34. The van der Waals surface area contributed by atoms with Gasteiger partial charge in [-0.25, -0.2) is 13.1 Å². The lowest BCUT2D eigenvalue weighted by Crippen LogP contribution is -2.24. The maximum absolute atomic E-state index is 12.1. The van der Waals surface area contributed by atoms with Crippen molar-refractivity contribution in [2.24, 2.45) is 5.73 Å². The number of rotatable bonds is 10. The number of hydrogen-bond donors (Lipinski definition) is 2. The molecule has 0 spiro atoms. The zero-order valence-corrected chi connectivity index (χ0v) is 14.2. The Hall–Kier alpha value is -0.370. The zero-order valence-electron chi connectivity index (χ0n) is 11.8. The number of hydrogen-bond acceptors (Lipinski definition) is 4. The van der Waals surface area contributed by atoms with Gasteiger partial charge in [0.05, 0.1) is 6.54 Å². The summed E-state index contributed by atoms with van der Waals surface area (Å²) in [5.41, 5.74) is 5.43. The topological polar surface area (TPSA) is 85.3 Å². The van der Waals surface area contributed by atoms with Gasteiger partial charge >= 0.3 is 0 Å². The smallest absolute Gasteiger partial charge is 0.244 e. The molecule has 0 aromatic carbocycles. The summed E-state index contributed by atoms with van der Waals surface area (Å²) >= 11 is 3.10. The minimum absolute atomic E-state index is 0.115. The number of nitrogens with two attached hydrogens (primary N) is 1. The van der Waals surface area contributed by atoms with Gasteiger partial charge in [-0.3, -0.25) is 0 Å². The third-order valence-electron chi connectivity index (χ3n) is 3.02. The van der Waals surface area contributed by atoms with Crippen LogP contribution in [-0.4, -0.2) is 15.0 Å². The average Bonchev–Trinajstić information content (AvgIpc) is 2.80. The summed E-state index contributed by atoms with van der Waals surface area (Å²) < 4.78 is 32.1. The van der Waals surface area contributed by atoms with E-state index in [0.29, 0.717) is 12.3 Å². The van der Waals surface area contributed by atoms with Crippen LogP contribution in [0.5, 0.6) is 0 Å². The Morgan fingerprint density at radius 3 is 2.50 bits per heavy atom. The summed E-state index contributed by atoms with van der Waals surface area (Å²) in [4.78, 5) is 0.115. The van der Waals surface area contributed by atoms with Gasteiger partial charge in [0.15, 0.2) is 4.67 Å². The van der Waals surface area contributed by atoms with Crippen LogP contribution in [0.15, 0.2) is 20.0 Å². The van der Waals surface area contributed by atoms with E-state index in [2.05, 4.69) is 27.6 Å². The fourth-order valence-electron chi connectivity index (χ4n) is 1.87. The van der Waals surface area contributed by atoms with Crippen molar-refractivity contribution in [3.63, 3.8) is 0 Å². The summed E-state index contributed by atoms with van der Waals surface area (Å²) in [6.45, 7) is 2.79. The molecule has 0 aliphatic heterocycles. The second-order valence-corrected chi connectivity index (χ2v) is 7.18. The lowest BCUT2D eigenvalue weighted by atomic mass is 10.1. The normalized spacial score (nSPS) is 11.9. The second kappa shape index (κ2) is 8.81. The van der Waals surface area contributed by atoms with Gasteiger partial charge < -0.3 is 10.2 Å². The molecule has 1 heterocycles. The van der Waals surface area contributed by atoms with Crippen molar-refractivity contribution in [1.82, 2.24) is 4.72 Å². The zero-order chi connectivity index (χ0) is 15.0. The Bertz CT molecular complexity index is 500. The molecule has 0 fully saturated rings. The van der Waals surface area contributed by atoms with Gasteiger partial charge in [0.1, 0.15) is 10.7 Å². The summed E-state index contributed by atoms with van der Waals surface area (Å²) in [5.74, 6) is 0.441. The summed E-state index contributed by atoms with van der Waals surface area (Å²) in [5, 5.41) is 0. The van der Waals surface area contributed by atoms with Gasteiger partial charge in [-0.1, -0.05) is 39.0 Å². The predicted octanol–water partition coefficient (Wildman–Crippen LogP) is 3.14. The van der Waals surface area contributed by atoms with E-state index in [-0.39, 0.29) is 16.1 Å². The molecule has 3 N–H and O–H groups in total. The monoisotopic (exact) mass is 366 g/mol. The van der Waals surface area contributed by atoms with Crippen molar-refractivity contribution >= 4 is 26.0 Å². The van der Waals surface area contributed by atoms with Crippen LogP contribution in [0.3, 0.4) is 0 Å². The Labute approximate surface area is 129 Å². The predicted molar refractivity (Wildman–Crippen MR) is 82.9 cm³/mol. The Morgan fingerprint density at radius 2 is 1.90 bits per heavy atom. The van der Waals surface area contributed by atoms with E-state index in [1.54, 1.807) is 0 Å². The molecule has 0 saturated heterocycles. The number of sulfonamides is 1. The van der Waals surface area contributed by atoms with Crippen LogP contribution in [0.4, 0.5) is 0 Å². The van der Waals surface area contributed by atoms with Crippen LogP contribution in [0.25, 0.3) is 0 Å². The van der Waals surface area contributed by atoms with Crippen molar-refractivity contribution < 1.29 is 12.8 Å². The fraction of sp³-hybridized carbons (Fsp3) is 0.692. The first-order valence-electron chi connectivity index (χ1n) is 6.99. The highest BCUT2D eigenvalue weighted by atomic mass is 79.9. The highest BCUT2D eigenvalue weighted by Crippen LogP contribution is 2.25. The van der Waals surface area contributed by atoms with Gasteiger partial charge in [-0.05, 0) is 22.4 Å². The van der Waals surface area contributed by atoms with E-state index in [9.17, 15) is 8.42 Å². The van der Waals surface area contributed by atoms with Crippen molar-refractivity contribution in [3.05, 3.63) is 16.5 Å². The molecule has 20 heavy (non-hydrogen) atoms. The number of furan rings is 1. The van der Waals surface area contributed by atoms with Crippen LogP contribution in [0.1, 0.15) is 51.2 Å². The summed E-state index contributed by atoms with van der Waals surface area (Å²) in [7, 11) is -3.52. The maximum atomic E-state index is 12.1. The quantitative estimate of drug-likeness (QED) is 0.622. The molecule has 0 amide bonds. The second-order valence-electron chi connectivity index (χ2n) is 4.72. The fourth-order valence-corrected chi connectivity index (χ4v) is 3.94. The summed E-state index contributed by atoms with van der Waals surface area (Å²) in [6.07, 6.45) is 6.73. The van der Waals surface area contributed by atoms with E-state index in [4.69, 9.17) is 10.2 Å². The van der Waals surface area contributed by atoms with E-state index >= 15 is 0 Å². The average molecular weight is 367 g/mol. The molecule has 0 unspecified atom stereocenters. The number of halogens is 1. The standard InChI is InChI=1S/C13H23BrN2O3S/c1-2-3-4-5-6-7-8-16-20(17,18)12-9-11(10-15)19-13(12)14/h9,16H,2-8,10,15H2,1H3. The SMILES string of the molecule is CCCCCCCCNS(=O)(=O)c1cc(CN)oc1Br. The molecule has 0 bridgehead atoms. The highest BCUT2D eigenvalue weighted by Gasteiger charge is 2.21. The van der Waals surface area contributed by atoms with E-state index in [0.717, 1.165) is 19.3 Å². The lowest BCUT2D eigenvalue weighted by Gasteiger charge is -2.05. The van der Waals surface area contributed by atoms with Gasteiger partial charge in [0, 0.05) is 12.6 Å². The lowest BCUT2D eigenvalue weighted by molar-refractivity contribution is 0.483. The molecular weight excluding hydrogens is 344 g/mol. The van der Waals surface area contributed by atoms with E-state index < -0.39 is 10.0 Å². The van der Waals surface area contributed by atoms with Gasteiger partial charge in [-0.2, -0.15) is 0 Å². The van der Waals surface area contributed by atoms with Crippen molar-refractivity contribution in [1.29, 1.82) is 0 Å². The number of nitrogens with one attached hydrogen (secondary N) is 1. The molecule has 1 aromatic rings. The van der Waals surface area contributed by atoms with Crippen LogP contribution in [0.2, 0.25) is 0 Å². The minimum Gasteiger partial charge on any atom is -0.452 e. The molecule has 1 aromatic heterocycles. The van der Waals surface area contributed by atoms with Crippen LogP contribution >= 0.6 is 15.9 Å². The van der Waals surface area contributed by atoms with Crippen molar-refractivity contribution in [2.45, 2.75) is 56.9 Å². The molecular formula is C13H23BrN2O3S. The van der Waals surface area contributed by atoms with Gasteiger partial charge in [-0.15, -0.1) is 0 Å². The first-order valence-corrected chi connectivity index (χ1v) is 9.26. The Kier molecular flexibility index (Phi) is 7.79. The van der Waals surface area contributed by atoms with Crippen LogP contribution in [0, 0.1) is 0 Å². The van der Waals surface area contributed by atoms with E-state index in [1.165, 1.54) is 25.3 Å². The van der Waals surface area contributed by atoms with Crippen LogP contribution in [-0.2, 0) is 16.6 Å². The van der Waals surface area contributed by atoms with Crippen LogP contribution < -0.4 is 10.5 Å². The first-order chi connectivity index (χ1) is 9.51. The minimum atomic E-state index is -3.52. The first kappa shape index (κ1) is 17.7. The molecule has 1 rings (SSSR count). The van der Waals surface area contributed by atoms with Gasteiger partial charge in [0.25, 0.3) is 0 Å². The molecule has 7 heteroatoms. The molecule has 0 aliphatic rings. The van der Waals surface area contributed by atoms with Crippen molar-refractivity contribution in [3.8, 4) is 0 Å². The highest BCUT2D eigenvalue weighted by molar-refractivity contribution is 9.10. The molecule has 0 atom stereocenters. The molecule has 0 aliphatic carbocycles. The Balaban J connectivity index is 2.40.